The summed E-state index contributed by atoms with van der Waals surface area (Å²) in [5.74, 6) is 5.54. The van der Waals surface area contributed by atoms with Crippen LogP contribution in [0.25, 0.3) is 0 Å². The average molecular weight is 138 g/mol. The normalized spacial score (nSPS) is 23.7. The Balaban J connectivity index is 2.68. The van der Waals surface area contributed by atoms with E-state index in [0.29, 0.717) is 0 Å². The lowest BCUT2D eigenvalue weighted by Gasteiger charge is -2.03. The van der Waals surface area contributed by atoms with Crippen LogP contribution in [0.5, 0.6) is 0 Å². The molecule has 1 nitrogen and oxygen atoms in total. The van der Waals surface area contributed by atoms with Crippen molar-refractivity contribution in [3.8, 4) is 11.8 Å². The summed E-state index contributed by atoms with van der Waals surface area (Å²) < 4.78 is 0. The van der Waals surface area contributed by atoms with Gasteiger partial charge in [0.15, 0.2) is 0 Å². The van der Waals surface area contributed by atoms with E-state index < -0.39 is 0 Å². The van der Waals surface area contributed by atoms with E-state index in [4.69, 9.17) is 0 Å². The summed E-state index contributed by atoms with van der Waals surface area (Å²) in [7, 11) is 0. The molecule has 0 aromatic heterocycles. The van der Waals surface area contributed by atoms with Crippen LogP contribution in [0.1, 0.15) is 6.92 Å². The van der Waals surface area contributed by atoms with Crippen molar-refractivity contribution in [2.75, 3.05) is 0 Å². The van der Waals surface area contributed by atoms with E-state index in [1.54, 1.807) is 0 Å². The molecule has 0 saturated carbocycles. The minimum atomic E-state index is -0.130. The zero-order valence-electron chi connectivity index (χ0n) is 5.05. The molecule has 0 fully saturated rings. The minimum absolute atomic E-state index is 0.130. The van der Waals surface area contributed by atoms with Crippen molar-refractivity contribution in [3.63, 3.8) is 0 Å². The van der Waals surface area contributed by atoms with E-state index in [-0.39, 0.29) is 5.25 Å². The fourth-order valence-corrected chi connectivity index (χ4v) is 1.26. The molecule has 1 unspecified atom stereocenters. The van der Waals surface area contributed by atoms with Gasteiger partial charge in [0.25, 0.3) is 0 Å². The van der Waals surface area contributed by atoms with Crippen LogP contribution in [0.15, 0.2) is 11.0 Å². The van der Waals surface area contributed by atoms with Gasteiger partial charge in [0.1, 0.15) is 11.5 Å². The molecule has 0 radical (unpaired) electrons. The van der Waals surface area contributed by atoms with E-state index in [1.165, 1.54) is 11.8 Å². The Morgan fingerprint density at radius 3 is 3.11 bits per heavy atom. The fraction of sp³-hybridized carbons (Fsp3) is 0.286. The van der Waals surface area contributed by atoms with Crippen molar-refractivity contribution >= 4 is 18.0 Å². The number of rotatable bonds is 1. The predicted octanol–water partition coefficient (Wildman–Crippen LogP) is 1.21. The molecule has 0 N–H and O–H groups in total. The summed E-state index contributed by atoms with van der Waals surface area (Å²) in [5, 5.41) is -0.130. The van der Waals surface area contributed by atoms with Crippen LogP contribution >= 0.6 is 11.8 Å². The molecular formula is C7H6OS. The van der Waals surface area contributed by atoms with Crippen molar-refractivity contribution < 1.29 is 4.79 Å². The average Bonchev–Trinajstić information content (AvgIpc) is 1.88. The Labute approximate surface area is 58.5 Å². The molecule has 1 rings (SSSR count). The summed E-state index contributed by atoms with van der Waals surface area (Å²) in [4.78, 5) is 11.3. The van der Waals surface area contributed by atoms with Gasteiger partial charge in [-0.05, 0) is 17.9 Å². The quantitative estimate of drug-likeness (QED) is 0.400. The first-order valence-electron chi connectivity index (χ1n) is 2.62. The predicted molar refractivity (Wildman–Crippen MR) is 39.0 cm³/mol. The molecule has 1 aliphatic rings. The highest BCUT2D eigenvalue weighted by Gasteiger charge is 2.05. The minimum Gasteiger partial charge on any atom is -0.301 e. The number of carbonyl (C=O) groups excluding carboxylic acids is 1. The largest absolute Gasteiger partial charge is 0.301 e. The summed E-state index contributed by atoms with van der Waals surface area (Å²) in [6.07, 6.45) is 2.69. The SMILES string of the molecule is CC1=CC#CC(C=O)S1. The number of hydrogen-bond donors (Lipinski definition) is 0. The Morgan fingerprint density at radius 1 is 1.89 bits per heavy atom. The van der Waals surface area contributed by atoms with E-state index in [0.717, 1.165) is 11.2 Å². The highest BCUT2D eigenvalue weighted by Crippen LogP contribution is 2.21. The first kappa shape index (κ1) is 6.44. The molecule has 1 aliphatic heterocycles. The van der Waals surface area contributed by atoms with E-state index in [2.05, 4.69) is 11.8 Å². The van der Waals surface area contributed by atoms with E-state index in [1.807, 2.05) is 13.0 Å². The molecule has 1 atom stereocenters. The highest BCUT2D eigenvalue weighted by atomic mass is 32.2. The first-order valence-corrected chi connectivity index (χ1v) is 3.50. The molecule has 0 aliphatic carbocycles. The van der Waals surface area contributed by atoms with E-state index in [9.17, 15) is 4.79 Å². The maximum atomic E-state index is 10.2. The van der Waals surface area contributed by atoms with Gasteiger partial charge in [0.05, 0.1) is 0 Å². The smallest absolute Gasteiger partial charge is 0.145 e. The van der Waals surface area contributed by atoms with E-state index >= 15 is 0 Å². The van der Waals surface area contributed by atoms with Gasteiger partial charge in [0, 0.05) is 0 Å². The van der Waals surface area contributed by atoms with Crippen molar-refractivity contribution in [2.24, 2.45) is 0 Å². The van der Waals surface area contributed by atoms with Crippen LogP contribution in [0.4, 0.5) is 0 Å². The summed E-state index contributed by atoms with van der Waals surface area (Å²) in [6, 6.07) is 0. The molecule has 9 heavy (non-hydrogen) atoms. The van der Waals surface area contributed by atoms with Crippen molar-refractivity contribution in [1.82, 2.24) is 0 Å². The second-order valence-corrected chi connectivity index (χ2v) is 3.11. The van der Waals surface area contributed by atoms with Crippen LogP contribution < -0.4 is 0 Å². The Bertz CT molecular complexity index is 207. The molecule has 0 saturated heterocycles. The Kier molecular flexibility index (Phi) is 1.96. The van der Waals surface area contributed by atoms with Gasteiger partial charge in [-0.2, -0.15) is 0 Å². The molecule has 46 valence electrons. The summed E-state index contributed by atoms with van der Waals surface area (Å²) in [5.41, 5.74) is 0. The maximum Gasteiger partial charge on any atom is 0.145 e. The van der Waals surface area contributed by atoms with Crippen LogP contribution in [0.2, 0.25) is 0 Å². The summed E-state index contributed by atoms with van der Waals surface area (Å²) >= 11 is 1.51. The molecular weight excluding hydrogens is 132 g/mol. The third kappa shape index (κ3) is 1.62. The second kappa shape index (κ2) is 2.75. The van der Waals surface area contributed by atoms with Gasteiger partial charge in [-0.25, -0.2) is 0 Å². The number of carbonyl (C=O) groups is 1. The van der Waals surface area contributed by atoms with Crippen LogP contribution in [-0.2, 0) is 4.79 Å². The van der Waals surface area contributed by atoms with Crippen LogP contribution in [0.3, 0.4) is 0 Å². The lowest BCUT2D eigenvalue weighted by Crippen LogP contribution is -2.01. The molecule has 0 aromatic rings. The van der Waals surface area contributed by atoms with Crippen LogP contribution in [-0.4, -0.2) is 11.5 Å². The fourth-order valence-electron chi connectivity index (χ4n) is 0.551. The second-order valence-electron chi connectivity index (χ2n) is 1.72. The summed E-state index contributed by atoms with van der Waals surface area (Å²) in [6.45, 7) is 1.95. The van der Waals surface area contributed by atoms with Crippen LogP contribution in [0, 0.1) is 11.8 Å². The number of hydrogen-bond acceptors (Lipinski definition) is 2. The monoisotopic (exact) mass is 138 g/mol. The number of thioether (sulfide) groups is 1. The van der Waals surface area contributed by atoms with Gasteiger partial charge in [-0.3, -0.25) is 0 Å². The van der Waals surface area contributed by atoms with Crippen molar-refractivity contribution in [1.29, 1.82) is 0 Å². The van der Waals surface area contributed by atoms with Gasteiger partial charge in [-0.1, -0.05) is 11.8 Å². The highest BCUT2D eigenvalue weighted by molar-refractivity contribution is 8.04. The Morgan fingerprint density at radius 2 is 2.67 bits per heavy atom. The van der Waals surface area contributed by atoms with Gasteiger partial charge in [-0.15, -0.1) is 11.8 Å². The molecule has 0 bridgehead atoms. The molecule has 0 aromatic carbocycles. The first-order chi connectivity index (χ1) is 4.33. The van der Waals surface area contributed by atoms with Crippen molar-refractivity contribution in [2.45, 2.75) is 12.2 Å². The van der Waals surface area contributed by atoms with Crippen molar-refractivity contribution in [3.05, 3.63) is 11.0 Å². The third-order valence-electron chi connectivity index (χ3n) is 0.937. The number of allylic oxidation sites excluding steroid dienone is 2. The lowest BCUT2D eigenvalue weighted by atomic mass is 10.4. The molecule has 1 heterocycles. The molecule has 0 spiro atoms. The van der Waals surface area contributed by atoms with Gasteiger partial charge >= 0.3 is 0 Å². The standard InChI is InChI=1S/C7H6OS/c1-6-3-2-4-7(5-8)9-6/h3,5,7H,1H3. The third-order valence-corrected chi connectivity index (χ3v) is 1.91. The Hall–Kier alpha value is -0.680. The zero-order valence-corrected chi connectivity index (χ0v) is 5.87. The number of aldehydes is 1. The van der Waals surface area contributed by atoms with Gasteiger partial charge < -0.3 is 4.79 Å². The lowest BCUT2D eigenvalue weighted by molar-refractivity contribution is -0.106. The van der Waals surface area contributed by atoms with Gasteiger partial charge in [0.2, 0.25) is 0 Å². The topological polar surface area (TPSA) is 17.1 Å². The molecule has 0 amide bonds. The molecule has 2 heteroatoms. The maximum absolute atomic E-state index is 10.2. The zero-order chi connectivity index (χ0) is 6.69.